The predicted octanol–water partition coefficient (Wildman–Crippen LogP) is 1.90. The Kier molecular flexibility index (Phi) is 4.01. The summed E-state index contributed by atoms with van der Waals surface area (Å²) in [5.74, 6) is -0.432. The van der Waals surface area contributed by atoms with Crippen molar-refractivity contribution in [3.8, 4) is 11.8 Å². The van der Waals surface area contributed by atoms with Crippen LogP contribution in [0, 0.1) is 17.1 Å². The highest BCUT2D eigenvalue weighted by Gasteiger charge is 2.22. The SMILES string of the molecule is CC(N)C(Oc1cccc(F)c1C#N)c1cnn(C)c1. The lowest BCUT2D eigenvalue weighted by Gasteiger charge is -2.22. The molecule has 0 aliphatic rings. The molecule has 5 nitrogen and oxygen atoms in total. The van der Waals surface area contributed by atoms with Gasteiger partial charge in [-0.3, -0.25) is 4.68 Å². The van der Waals surface area contributed by atoms with Gasteiger partial charge in [0.15, 0.2) is 0 Å². The van der Waals surface area contributed by atoms with Crippen molar-refractivity contribution >= 4 is 0 Å². The number of hydrogen-bond acceptors (Lipinski definition) is 4. The summed E-state index contributed by atoms with van der Waals surface area (Å²) < 4.78 is 20.9. The van der Waals surface area contributed by atoms with E-state index in [0.717, 1.165) is 5.56 Å². The molecule has 0 aliphatic carbocycles. The van der Waals surface area contributed by atoms with Gasteiger partial charge < -0.3 is 10.5 Å². The summed E-state index contributed by atoms with van der Waals surface area (Å²) >= 11 is 0. The molecule has 2 atom stereocenters. The molecular weight excluding hydrogens is 259 g/mol. The van der Waals surface area contributed by atoms with E-state index < -0.39 is 11.9 Å². The number of aromatic nitrogens is 2. The highest BCUT2D eigenvalue weighted by molar-refractivity contribution is 5.44. The third-order valence-corrected chi connectivity index (χ3v) is 2.87. The molecule has 0 aliphatic heterocycles. The lowest BCUT2D eigenvalue weighted by atomic mass is 10.1. The van der Waals surface area contributed by atoms with Crippen LogP contribution in [0.15, 0.2) is 30.6 Å². The second-order valence-corrected chi connectivity index (χ2v) is 4.57. The minimum absolute atomic E-state index is 0.123. The van der Waals surface area contributed by atoms with Gasteiger partial charge in [0, 0.05) is 24.8 Å². The van der Waals surface area contributed by atoms with Crippen LogP contribution in [0.3, 0.4) is 0 Å². The first-order chi connectivity index (χ1) is 9.52. The van der Waals surface area contributed by atoms with E-state index in [1.807, 2.05) is 0 Å². The first kappa shape index (κ1) is 14.0. The number of nitrogens with zero attached hydrogens (tertiary/aromatic N) is 3. The Bertz CT molecular complexity index is 645. The molecule has 0 fully saturated rings. The van der Waals surface area contributed by atoms with Crippen molar-refractivity contribution in [2.24, 2.45) is 12.8 Å². The molecule has 20 heavy (non-hydrogen) atoms. The van der Waals surface area contributed by atoms with Crippen LogP contribution >= 0.6 is 0 Å². The summed E-state index contributed by atoms with van der Waals surface area (Å²) in [7, 11) is 1.78. The number of rotatable bonds is 4. The number of halogens is 1. The lowest BCUT2D eigenvalue weighted by molar-refractivity contribution is 0.179. The van der Waals surface area contributed by atoms with Crippen molar-refractivity contribution in [3.05, 3.63) is 47.5 Å². The second-order valence-electron chi connectivity index (χ2n) is 4.57. The predicted molar refractivity (Wildman–Crippen MR) is 71.3 cm³/mol. The van der Waals surface area contributed by atoms with Crippen LogP contribution in [-0.2, 0) is 7.05 Å². The maximum atomic E-state index is 13.6. The van der Waals surface area contributed by atoms with Gasteiger partial charge in [-0.2, -0.15) is 10.4 Å². The average Bonchev–Trinajstić information content (AvgIpc) is 2.82. The van der Waals surface area contributed by atoms with Crippen LogP contribution in [0.25, 0.3) is 0 Å². The van der Waals surface area contributed by atoms with E-state index in [4.69, 9.17) is 15.7 Å². The first-order valence-corrected chi connectivity index (χ1v) is 6.12. The first-order valence-electron chi connectivity index (χ1n) is 6.12. The molecule has 0 bridgehead atoms. The zero-order valence-corrected chi connectivity index (χ0v) is 11.2. The van der Waals surface area contributed by atoms with Crippen molar-refractivity contribution in [3.63, 3.8) is 0 Å². The van der Waals surface area contributed by atoms with E-state index in [0.29, 0.717) is 0 Å². The van der Waals surface area contributed by atoms with Crippen LogP contribution in [0.1, 0.15) is 24.2 Å². The number of hydrogen-bond donors (Lipinski definition) is 1. The zero-order valence-electron chi connectivity index (χ0n) is 11.2. The minimum atomic E-state index is -0.611. The number of aryl methyl sites for hydroxylation is 1. The molecule has 0 spiro atoms. The molecule has 1 aromatic carbocycles. The highest BCUT2D eigenvalue weighted by Crippen LogP contribution is 2.28. The summed E-state index contributed by atoms with van der Waals surface area (Å²) in [6.45, 7) is 1.78. The zero-order chi connectivity index (χ0) is 14.7. The topological polar surface area (TPSA) is 76.9 Å². The van der Waals surface area contributed by atoms with Gasteiger partial charge >= 0.3 is 0 Å². The van der Waals surface area contributed by atoms with Gasteiger partial charge in [-0.05, 0) is 19.1 Å². The summed E-state index contributed by atoms with van der Waals surface area (Å²) in [6.07, 6.45) is 2.91. The van der Waals surface area contributed by atoms with Crippen molar-refractivity contribution in [1.29, 1.82) is 5.26 Å². The molecule has 1 heterocycles. The Labute approximate surface area is 116 Å². The fourth-order valence-electron chi connectivity index (χ4n) is 1.91. The summed E-state index contributed by atoms with van der Waals surface area (Å²) in [4.78, 5) is 0. The maximum absolute atomic E-state index is 13.6. The van der Waals surface area contributed by atoms with Gasteiger partial charge in [0.05, 0.1) is 6.20 Å². The van der Waals surface area contributed by atoms with E-state index in [-0.39, 0.29) is 17.4 Å². The number of benzene rings is 1. The number of ether oxygens (including phenoxy) is 1. The van der Waals surface area contributed by atoms with Gasteiger partial charge in [-0.25, -0.2) is 4.39 Å². The maximum Gasteiger partial charge on any atom is 0.144 e. The Morgan fingerprint density at radius 1 is 1.50 bits per heavy atom. The molecule has 2 N–H and O–H groups in total. The number of nitriles is 1. The third kappa shape index (κ3) is 2.78. The third-order valence-electron chi connectivity index (χ3n) is 2.87. The van der Waals surface area contributed by atoms with Crippen molar-refractivity contribution in [2.75, 3.05) is 0 Å². The van der Waals surface area contributed by atoms with Gasteiger partial charge in [0.25, 0.3) is 0 Å². The van der Waals surface area contributed by atoms with E-state index in [2.05, 4.69) is 5.10 Å². The van der Waals surface area contributed by atoms with Gasteiger partial charge in [0.1, 0.15) is 29.3 Å². The summed E-state index contributed by atoms with van der Waals surface area (Å²) in [5.41, 5.74) is 6.57. The summed E-state index contributed by atoms with van der Waals surface area (Å²) in [6, 6.07) is 5.72. The van der Waals surface area contributed by atoms with Gasteiger partial charge in [-0.15, -0.1) is 0 Å². The minimum Gasteiger partial charge on any atom is -0.482 e. The molecule has 0 saturated heterocycles. The quantitative estimate of drug-likeness (QED) is 0.923. The molecule has 1 aromatic heterocycles. The Hall–Kier alpha value is -2.39. The standard InChI is InChI=1S/C14H15FN4O/c1-9(17)14(10-7-18-19(2)8-10)20-13-5-3-4-12(15)11(13)6-16/h3-5,7-9,14H,17H2,1-2H3. The van der Waals surface area contributed by atoms with Crippen LogP contribution in [-0.4, -0.2) is 15.8 Å². The van der Waals surface area contributed by atoms with Crippen LogP contribution in [0.5, 0.6) is 5.75 Å². The molecule has 0 saturated carbocycles. The van der Waals surface area contributed by atoms with Crippen LogP contribution < -0.4 is 10.5 Å². The molecule has 2 unspecified atom stereocenters. The second kappa shape index (κ2) is 5.72. The Morgan fingerprint density at radius 3 is 2.80 bits per heavy atom. The molecular formula is C14H15FN4O. The van der Waals surface area contributed by atoms with E-state index in [9.17, 15) is 4.39 Å². The largest absolute Gasteiger partial charge is 0.482 e. The van der Waals surface area contributed by atoms with Gasteiger partial charge in [-0.1, -0.05) is 6.07 Å². The fraction of sp³-hybridized carbons (Fsp3) is 0.286. The van der Waals surface area contributed by atoms with Crippen molar-refractivity contribution < 1.29 is 9.13 Å². The molecule has 2 aromatic rings. The Balaban J connectivity index is 2.35. The fourth-order valence-corrected chi connectivity index (χ4v) is 1.91. The van der Waals surface area contributed by atoms with Gasteiger partial charge in [0.2, 0.25) is 0 Å². The molecule has 0 radical (unpaired) electrons. The normalized spacial score (nSPS) is 13.6. The molecule has 0 amide bonds. The summed E-state index contributed by atoms with van der Waals surface area (Å²) in [5, 5.41) is 13.1. The lowest BCUT2D eigenvalue weighted by Crippen LogP contribution is -2.29. The monoisotopic (exact) mass is 274 g/mol. The highest BCUT2D eigenvalue weighted by atomic mass is 19.1. The number of nitrogens with two attached hydrogens (primary N) is 1. The van der Waals surface area contributed by atoms with Crippen molar-refractivity contribution in [2.45, 2.75) is 19.1 Å². The van der Waals surface area contributed by atoms with Crippen LogP contribution in [0.4, 0.5) is 4.39 Å². The van der Waals surface area contributed by atoms with E-state index in [1.165, 1.54) is 12.1 Å². The van der Waals surface area contributed by atoms with Crippen LogP contribution in [0.2, 0.25) is 0 Å². The average molecular weight is 274 g/mol. The smallest absolute Gasteiger partial charge is 0.144 e. The van der Waals surface area contributed by atoms with E-state index >= 15 is 0 Å². The molecule has 104 valence electrons. The molecule has 6 heteroatoms. The molecule has 2 rings (SSSR count). The Morgan fingerprint density at radius 2 is 2.25 bits per heavy atom. The van der Waals surface area contributed by atoms with E-state index in [1.54, 1.807) is 43.2 Å². The van der Waals surface area contributed by atoms with Crippen molar-refractivity contribution in [1.82, 2.24) is 9.78 Å².